The van der Waals surface area contributed by atoms with Gasteiger partial charge in [-0.25, -0.2) is 0 Å². The number of hydrogen-bond acceptors (Lipinski definition) is 5. The molecule has 1 saturated heterocycles. The molecular formula is C8H18N4O3. The molecule has 0 bridgehead atoms. The van der Waals surface area contributed by atoms with Crippen LogP contribution >= 0.6 is 0 Å². The molecular weight excluding hydrogens is 200 g/mol. The Labute approximate surface area is 87.9 Å². The highest BCUT2D eigenvalue weighted by molar-refractivity contribution is 5.75. The van der Waals surface area contributed by atoms with Gasteiger partial charge < -0.3 is 32.2 Å². The van der Waals surface area contributed by atoms with Gasteiger partial charge in [0.05, 0.1) is 24.8 Å². The second kappa shape index (κ2) is 4.75. The molecule has 7 heteroatoms. The molecule has 0 aliphatic carbocycles. The first-order valence-electron chi connectivity index (χ1n) is 4.76. The van der Waals surface area contributed by atoms with E-state index in [1.807, 2.05) is 0 Å². The Kier molecular flexibility index (Phi) is 3.86. The van der Waals surface area contributed by atoms with Crippen LogP contribution in [-0.2, 0) is 4.74 Å². The zero-order chi connectivity index (χ0) is 11.6. The number of nitrogens with two attached hydrogens (primary N) is 3. The molecule has 1 fully saturated rings. The van der Waals surface area contributed by atoms with E-state index in [1.165, 1.54) is 0 Å². The molecule has 1 heterocycles. The molecule has 15 heavy (non-hydrogen) atoms. The predicted octanol–water partition coefficient (Wildman–Crippen LogP) is -2.90. The van der Waals surface area contributed by atoms with Gasteiger partial charge >= 0.3 is 0 Å². The van der Waals surface area contributed by atoms with Crippen molar-refractivity contribution >= 4 is 5.96 Å². The van der Waals surface area contributed by atoms with E-state index in [0.29, 0.717) is 0 Å². The summed E-state index contributed by atoms with van der Waals surface area (Å²) in [5.41, 5.74) is 16.0. The fourth-order valence-electron chi connectivity index (χ4n) is 1.53. The van der Waals surface area contributed by atoms with Gasteiger partial charge in [-0.3, -0.25) is 4.99 Å². The lowest BCUT2D eigenvalue weighted by molar-refractivity contribution is -0.168. The summed E-state index contributed by atoms with van der Waals surface area (Å²) in [4.78, 5) is 3.77. The summed E-state index contributed by atoms with van der Waals surface area (Å²) in [5, 5.41) is 19.1. The summed E-state index contributed by atoms with van der Waals surface area (Å²) in [6.07, 6.45) is -2.97. The van der Waals surface area contributed by atoms with Crippen LogP contribution in [0.5, 0.6) is 0 Å². The van der Waals surface area contributed by atoms with Gasteiger partial charge in [-0.15, -0.1) is 0 Å². The maximum atomic E-state index is 9.59. The Balaban J connectivity index is 2.62. The largest absolute Gasteiger partial charge is 0.389 e. The molecule has 8 N–H and O–H groups in total. The zero-order valence-electron chi connectivity index (χ0n) is 8.58. The summed E-state index contributed by atoms with van der Waals surface area (Å²) in [7, 11) is 0. The highest BCUT2D eigenvalue weighted by Gasteiger charge is 2.40. The average Bonchev–Trinajstić information content (AvgIpc) is 2.18. The SMILES string of the molecule is C[C@H]1O[C@H](CN=C(N)N)[C@@H](N)[C@H](O)[C@H]1O. The quantitative estimate of drug-likeness (QED) is 0.249. The second-order valence-electron chi connectivity index (χ2n) is 3.70. The number of rotatable bonds is 2. The van der Waals surface area contributed by atoms with Gasteiger partial charge in [0.1, 0.15) is 12.2 Å². The molecule has 0 amide bonds. The molecule has 88 valence electrons. The summed E-state index contributed by atoms with van der Waals surface area (Å²) in [6.45, 7) is 1.83. The van der Waals surface area contributed by atoms with Crippen molar-refractivity contribution in [3.05, 3.63) is 0 Å². The van der Waals surface area contributed by atoms with E-state index < -0.39 is 30.5 Å². The second-order valence-corrected chi connectivity index (χ2v) is 3.70. The van der Waals surface area contributed by atoms with Gasteiger partial charge in [0.2, 0.25) is 0 Å². The van der Waals surface area contributed by atoms with Crippen LogP contribution in [0.2, 0.25) is 0 Å². The molecule has 7 nitrogen and oxygen atoms in total. The first kappa shape index (κ1) is 12.2. The highest BCUT2D eigenvalue weighted by atomic mass is 16.5. The predicted molar refractivity (Wildman–Crippen MR) is 55.0 cm³/mol. The number of aliphatic hydroxyl groups is 2. The summed E-state index contributed by atoms with van der Waals surface area (Å²) in [6, 6.07) is -0.695. The molecule has 0 unspecified atom stereocenters. The van der Waals surface area contributed by atoms with E-state index in [1.54, 1.807) is 6.92 Å². The zero-order valence-corrected chi connectivity index (χ0v) is 8.58. The van der Waals surface area contributed by atoms with Crippen LogP contribution in [0.1, 0.15) is 6.92 Å². The third-order valence-electron chi connectivity index (χ3n) is 2.50. The Morgan fingerprint density at radius 3 is 2.47 bits per heavy atom. The van der Waals surface area contributed by atoms with E-state index in [2.05, 4.69) is 4.99 Å². The van der Waals surface area contributed by atoms with Crippen molar-refractivity contribution in [2.45, 2.75) is 37.4 Å². The van der Waals surface area contributed by atoms with Gasteiger partial charge in [0.15, 0.2) is 5.96 Å². The molecule has 0 saturated carbocycles. The van der Waals surface area contributed by atoms with Crippen molar-refractivity contribution in [2.75, 3.05) is 6.54 Å². The lowest BCUT2D eigenvalue weighted by Crippen LogP contribution is -2.61. The van der Waals surface area contributed by atoms with Gasteiger partial charge in [-0.1, -0.05) is 0 Å². The average molecular weight is 218 g/mol. The summed E-state index contributed by atoms with van der Waals surface area (Å²) < 4.78 is 5.38. The van der Waals surface area contributed by atoms with Crippen molar-refractivity contribution in [3.63, 3.8) is 0 Å². The van der Waals surface area contributed by atoms with Crippen molar-refractivity contribution in [3.8, 4) is 0 Å². The normalized spacial score (nSPS) is 41.2. The van der Waals surface area contributed by atoms with Crippen molar-refractivity contribution in [1.82, 2.24) is 0 Å². The van der Waals surface area contributed by atoms with E-state index in [-0.39, 0.29) is 12.5 Å². The first-order chi connectivity index (χ1) is 6.93. The molecule has 0 spiro atoms. The minimum Gasteiger partial charge on any atom is -0.389 e. The van der Waals surface area contributed by atoms with Crippen LogP contribution in [0.25, 0.3) is 0 Å². The fourth-order valence-corrected chi connectivity index (χ4v) is 1.53. The molecule has 1 aliphatic rings. The Morgan fingerprint density at radius 2 is 1.93 bits per heavy atom. The minimum absolute atomic E-state index is 0.0564. The number of ether oxygens (including phenoxy) is 1. The number of aliphatic hydroxyl groups excluding tert-OH is 2. The van der Waals surface area contributed by atoms with Gasteiger partial charge in [-0.2, -0.15) is 0 Å². The number of nitrogens with zero attached hydrogens (tertiary/aromatic N) is 1. The topological polar surface area (TPSA) is 140 Å². The van der Waals surface area contributed by atoms with Crippen LogP contribution in [0, 0.1) is 0 Å². The van der Waals surface area contributed by atoms with Crippen molar-refractivity contribution < 1.29 is 14.9 Å². The summed E-state index contributed by atoms with van der Waals surface area (Å²) >= 11 is 0. The molecule has 5 atom stereocenters. The van der Waals surface area contributed by atoms with E-state index >= 15 is 0 Å². The maximum Gasteiger partial charge on any atom is 0.185 e. The Morgan fingerprint density at radius 1 is 1.33 bits per heavy atom. The van der Waals surface area contributed by atoms with E-state index in [4.69, 9.17) is 21.9 Å². The van der Waals surface area contributed by atoms with E-state index in [0.717, 1.165) is 0 Å². The maximum absolute atomic E-state index is 9.59. The molecule has 1 rings (SSSR count). The monoisotopic (exact) mass is 218 g/mol. The van der Waals surface area contributed by atoms with Crippen LogP contribution < -0.4 is 17.2 Å². The van der Waals surface area contributed by atoms with Gasteiger partial charge in [-0.05, 0) is 6.92 Å². The number of aliphatic imine (C=N–C) groups is 1. The number of hydrogen-bond donors (Lipinski definition) is 5. The smallest absolute Gasteiger partial charge is 0.185 e. The molecule has 1 aliphatic heterocycles. The molecule has 0 aromatic rings. The van der Waals surface area contributed by atoms with Crippen LogP contribution in [0.4, 0.5) is 0 Å². The number of guanidine groups is 1. The van der Waals surface area contributed by atoms with Crippen LogP contribution in [0.15, 0.2) is 4.99 Å². The Hall–Kier alpha value is -0.890. The van der Waals surface area contributed by atoms with Crippen LogP contribution in [0.3, 0.4) is 0 Å². The Bertz CT molecular complexity index is 244. The third kappa shape index (κ3) is 2.78. The van der Waals surface area contributed by atoms with Crippen LogP contribution in [-0.4, -0.2) is 53.2 Å². The lowest BCUT2D eigenvalue weighted by Gasteiger charge is -2.39. The van der Waals surface area contributed by atoms with Crippen molar-refractivity contribution in [1.29, 1.82) is 0 Å². The lowest BCUT2D eigenvalue weighted by atomic mass is 9.94. The first-order valence-corrected chi connectivity index (χ1v) is 4.76. The molecule has 0 radical (unpaired) electrons. The third-order valence-corrected chi connectivity index (χ3v) is 2.50. The van der Waals surface area contributed by atoms with Gasteiger partial charge in [0, 0.05) is 0 Å². The van der Waals surface area contributed by atoms with Gasteiger partial charge in [0.25, 0.3) is 0 Å². The standard InChI is InChI=1S/C8H18N4O3/c1-3-6(13)7(14)5(9)4(15-3)2-12-8(10)11/h3-7,13-14H,2,9H2,1H3,(H4,10,11,12)/t3-,4-,5-,6+,7+/m1/s1. The fraction of sp³-hybridized carbons (Fsp3) is 0.875. The highest BCUT2D eigenvalue weighted by Crippen LogP contribution is 2.19. The molecule has 0 aromatic heterocycles. The minimum atomic E-state index is -1.02. The molecule has 0 aromatic carbocycles. The summed E-state index contributed by atoms with van der Waals surface area (Å²) in [5.74, 6) is -0.0564. The van der Waals surface area contributed by atoms with E-state index in [9.17, 15) is 10.2 Å². The van der Waals surface area contributed by atoms with Crippen molar-refractivity contribution in [2.24, 2.45) is 22.2 Å².